The molecule has 1 aromatic rings. The number of benzene rings is 1. The molecule has 2 nitrogen and oxygen atoms in total. The average molecular weight is 260 g/mol. The third-order valence-corrected chi connectivity index (χ3v) is 3.14. The van der Waals surface area contributed by atoms with Crippen LogP contribution in [0.15, 0.2) is 42.7 Å². The fourth-order valence-corrected chi connectivity index (χ4v) is 2.10. The highest BCUT2D eigenvalue weighted by Crippen LogP contribution is 2.24. The van der Waals surface area contributed by atoms with Gasteiger partial charge in [0, 0.05) is 12.8 Å². The highest BCUT2D eigenvalue weighted by Gasteiger charge is 2.07. The second-order valence-electron chi connectivity index (χ2n) is 4.80. The van der Waals surface area contributed by atoms with Crippen LogP contribution < -0.4 is 0 Å². The van der Waals surface area contributed by atoms with Crippen LogP contribution >= 0.6 is 0 Å². The molecule has 0 N–H and O–H groups in total. The van der Waals surface area contributed by atoms with Crippen molar-refractivity contribution in [3.8, 4) is 0 Å². The van der Waals surface area contributed by atoms with Gasteiger partial charge in [0.05, 0.1) is 6.26 Å². The summed E-state index contributed by atoms with van der Waals surface area (Å²) in [6.07, 6.45) is 9.62. The van der Waals surface area contributed by atoms with Crippen molar-refractivity contribution in [2.24, 2.45) is 0 Å². The average Bonchev–Trinajstić information content (AvgIpc) is 2.42. The summed E-state index contributed by atoms with van der Waals surface area (Å²) in [5.74, 6) is 0.0615. The van der Waals surface area contributed by atoms with E-state index in [1.54, 1.807) is 0 Å². The first-order chi connectivity index (χ1) is 9.24. The summed E-state index contributed by atoms with van der Waals surface area (Å²) in [6, 6.07) is 10.4. The molecular formula is C17H24O2. The second kappa shape index (κ2) is 9.37. The van der Waals surface area contributed by atoms with E-state index in [9.17, 15) is 4.79 Å². The maximum absolute atomic E-state index is 10.8. The standard InChI is InChI=1S/C17H24O2/c1-3-4-5-7-12-17(13-14-19-15(2)18)16-10-8-6-9-11-16/h6,8-11,13-14,17H,3-5,7,12H2,1-2H3/b14-13+/t17-/m0/s1. The Bertz CT molecular complexity index is 382. The Morgan fingerprint density at radius 1 is 1.21 bits per heavy atom. The van der Waals surface area contributed by atoms with Gasteiger partial charge in [-0.3, -0.25) is 4.79 Å². The molecule has 0 saturated heterocycles. The minimum atomic E-state index is -0.269. The Kier molecular flexibility index (Phi) is 7.64. The summed E-state index contributed by atoms with van der Waals surface area (Å²) >= 11 is 0. The molecule has 1 atom stereocenters. The number of rotatable bonds is 8. The molecule has 1 rings (SSSR count). The number of carbonyl (C=O) groups excluding carboxylic acids is 1. The lowest BCUT2D eigenvalue weighted by atomic mass is 9.93. The number of esters is 1. The molecule has 0 radical (unpaired) electrons. The summed E-state index contributed by atoms with van der Waals surface area (Å²) in [7, 11) is 0. The number of allylic oxidation sites excluding steroid dienone is 1. The largest absolute Gasteiger partial charge is 0.435 e. The van der Waals surface area contributed by atoms with E-state index in [4.69, 9.17) is 4.74 Å². The summed E-state index contributed by atoms with van der Waals surface area (Å²) in [5.41, 5.74) is 1.28. The smallest absolute Gasteiger partial charge is 0.307 e. The van der Waals surface area contributed by atoms with E-state index in [0.29, 0.717) is 5.92 Å². The molecule has 0 aliphatic carbocycles. The van der Waals surface area contributed by atoms with Crippen LogP contribution in [0.25, 0.3) is 0 Å². The molecule has 0 aliphatic heterocycles. The van der Waals surface area contributed by atoms with Gasteiger partial charge in [-0.1, -0.05) is 62.9 Å². The zero-order valence-electron chi connectivity index (χ0n) is 12.0. The van der Waals surface area contributed by atoms with Crippen molar-refractivity contribution < 1.29 is 9.53 Å². The van der Waals surface area contributed by atoms with E-state index < -0.39 is 0 Å². The van der Waals surface area contributed by atoms with Gasteiger partial charge in [0.15, 0.2) is 0 Å². The van der Waals surface area contributed by atoms with Crippen molar-refractivity contribution in [1.82, 2.24) is 0 Å². The van der Waals surface area contributed by atoms with Crippen LogP contribution in [0, 0.1) is 0 Å². The van der Waals surface area contributed by atoms with E-state index >= 15 is 0 Å². The van der Waals surface area contributed by atoms with E-state index in [2.05, 4.69) is 19.1 Å². The van der Waals surface area contributed by atoms with Gasteiger partial charge in [-0.25, -0.2) is 0 Å². The van der Waals surface area contributed by atoms with Gasteiger partial charge in [-0.05, 0) is 18.1 Å². The van der Waals surface area contributed by atoms with Crippen molar-refractivity contribution in [3.63, 3.8) is 0 Å². The van der Waals surface area contributed by atoms with Gasteiger partial charge < -0.3 is 4.74 Å². The monoisotopic (exact) mass is 260 g/mol. The Balaban J connectivity index is 2.57. The SMILES string of the molecule is CCCCCC[C@@H](/C=C/OC(C)=O)c1ccccc1. The van der Waals surface area contributed by atoms with Gasteiger partial charge in [0.2, 0.25) is 0 Å². The predicted molar refractivity (Wildman–Crippen MR) is 78.8 cm³/mol. The lowest BCUT2D eigenvalue weighted by Crippen LogP contribution is -1.97. The zero-order chi connectivity index (χ0) is 13.9. The van der Waals surface area contributed by atoms with Crippen LogP contribution in [-0.4, -0.2) is 5.97 Å². The Morgan fingerprint density at radius 2 is 1.95 bits per heavy atom. The molecule has 0 unspecified atom stereocenters. The second-order valence-corrected chi connectivity index (χ2v) is 4.80. The molecule has 0 heterocycles. The molecule has 2 heteroatoms. The molecule has 0 amide bonds. The number of hydrogen-bond donors (Lipinski definition) is 0. The Morgan fingerprint density at radius 3 is 2.58 bits per heavy atom. The molecule has 0 bridgehead atoms. The summed E-state index contributed by atoms with van der Waals surface area (Å²) in [4.78, 5) is 10.8. The van der Waals surface area contributed by atoms with E-state index in [1.165, 1.54) is 44.4 Å². The molecule has 19 heavy (non-hydrogen) atoms. The zero-order valence-corrected chi connectivity index (χ0v) is 12.0. The highest BCUT2D eigenvalue weighted by atomic mass is 16.5. The van der Waals surface area contributed by atoms with Crippen molar-refractivity contribution >= 4 is 5.97 Å². The lowest BCUT2D eigenvalue weighted by Gasteiger charge is -2.13. The number of hydrogen-bond acceptors (Lipinski definition) is 2. The first-order valence-corrected chi connectivity index (χ1v) is 7.13. The van der Waals surface area contributed by atoms with Gasteiger partial charge in [0.1, 0.15) is 0 Å². The summed E-state index contributed by atoms with van der Waals surface area (Å²) in [6.45, 7) is 3.64. The minimum Gasteiger partial charge on any atom is -0.435 e. The quantitative estimate of drug-likeness (QED) is 0.380. The molecular weight excluding hydrogens is 236 g/mol. The van der Waals surface area contributed by atoms with Crippen LogP contribution in [0.1, 0.15) is 57.4 Å². The van der Waals surface area contributed by atoms with Gasteiger partial charge in [-0.2, -0.15) is 0 Å². The third-order valence-electron chi connectivity index (χ3n) is 3.14. The topological polar surface area (TPSA) is 26.3 Å². The Hall–Kier alpha value is -1.57. The van der Waals surface area contributed by atoms with Crippen LogP contribution in [0.5, 0.6) is 0 Å². The number of carbonyl (C=O) groups is 1. The maximum atomic E-state index is 10.8. The Labute approximate surface area is 116 Å². The van der Waals surface area contributed by atoms with Gasteiger partial charge in [0.25, 0.3) is 0 Å². The normalized spacial score (nSPS) is 12.5. The molecule has 104 valence electrons. The van der Waals surface area contributed by atoms with E-state index in [-0.39, 0.29) is 5.97 Å². The van der Waals surface area contributed by atoms with Gasteiger partial charge in [-0.15, -0.1) is 0 Å². The van der Waals surface area contributed by atoms with Crippen LogP contribution in [0.2, 0.25) is 0 Å². The first-order valence-electron chi connectivity index (χ1n) is 7.13. The molecule has 0 fully saturated rings. The van der Waals surface area contributed by atoms with Crippen LogP contribution in [-0.2, 0) is 9.53 Å². The molecule has 1 aromatic carbocycles. The summed E-state index contributed by atoms with van der Waals surface area (Å²) < 4.78 is 4.90. The van der Waals surface area contributed by atoms with Gasteiger partial charge >= 0.3 is 5.97 Å². The number of unbranched alkanes of at least 4 members (excludes halogenated alkanes) is 3. The predicted octanol–water partition coefficient (Wildman–Crippen LogP) is 4.82. The summed E-state index contributed by atoms with van der Waals surface area (Å²) in [5, 5.41) is 0. The third kappa shape index (κ3) is 6.80. The number of ether oxygens (including phenoxy) is 1. The van der Waals surface area contributed by atoms with Crippen LogP contribution in [0.4, 0.5) is 0 Å². The first kappa shape index (κ1) is 15.5. The highest BCUT2D eigenvalue weighted by molar-refractivity contribution is 5.66. The molecule has 0 aliphatic rings. The molecule has 0 spiro atoms. The molecule has 0 aromatic heterocycles. The minimum absolute atomic E-state index is 0.269. The maximum Gasteiger partial charge on any atom is 0.307 e. The van der Waals surface area contributed by atoms with Crippen molar-refractivity contribution in [3.05, 3.63) is 48.2 Å². The molecule has 0 saturated carbocycles. The van der Waals surface area contributed by atoms with E-state index in [0.717, 1.165) is 6.42 Å². The van der Waals surface area contributed by atoms with Crippen molar-refractivity contribution in [2.45, 2.75) is 51.9 Å². The fraction of sp³-hybridized carbons (Fsp3) is 0.471. The fourth-order valence-electron chi connectivity index (χ4n) is 2.10. The van der Waals surface area contributed by atoms with Crippen molar-refractivity contribution in [2.75, 3.05) is 0 Å². The van der Waals surface area contributed by atoms with E-state index in [1.807, 2.05) is 24.3 Å². The lowest BCUT2D eigenvalue weighted by molar-refractivity contribution is -0.135. The van der Waals surface area contributed by atoms with Crippen molar-refractivity contribution in [1.29, 1.82) is 0 Å². The van der Waals surface area contributed by atoms with Crippen LogP contribution in [0.3, 0.4) is 0 Å².